The molecular formula is C16H19N3O2S. The molecule has 0 atom stereocenters. The van der Waals surface area contributed by atoms with Crippen LogP contribution in [0, 0.1) is 0 Å². The summed E-state index contributed by atoms with van der Waals surface area (Å²) in [6, 6.07) is 12.0. The molecule has 1 fully saturated rings. The van der Waals surface area contributed by atoms with Crippen molar-refractivity contribution in [3.63, 3.8) is 0 Å². The molecule has 1 aromatic heterocycles. The molecule has 0 saturated carbocycles. The highest BCUT2D eigenvalue weighted by Gasteiger charge is 2.11. The van der Waals surface area contributed by atoms with Gasteiger partial charge in [0.25, 0.3) is 0 Å². The van der Waals surface area contributed by atoms with Gasteiger partial charge in [-0.3, -0.25) is 0 Å². The Morgan fingerprint density at radius 2 is 2.05 bits per heavy atom. The van der Waals surface area contributed by atoms with Crippen molar-refractivity contribution < 1.29 is 9.15 Å². The van der Waals surface area contributed by atoms with Crippen molar-refractivity contribution in [1.29, 1.82) is 0 Å². The molecule has 5 nitrogen and oxygen atoms in total. The first-order valence-corrected chi connectivity index (χ1v) is 7.72. The molecule has 2 aromatic rings. The maximum Gasteiger partial charge on any atom is 0.171 e. The topological polar surface area (TPSA) is 49.7 Å². The molecule has 0 amide bonds. The van der Waals surface area contributed by atoms with Gasteiger partial charge in [0.15, 0.2) is 5.11 Å². The van der Waals surface area contributed by atoms with Crippen molar-refractivity contribution in [2.75, 3.05) is 36.5 Å². The summed E-state index contributed by atoms with van der Waals surface area (Å²) in [5.74, 6) is 0.853. The molecule has 3 rings (SSSR count). The van der Waals surface area contributed by atoms with E-state index in [-0.39, 0.29) is 0 Å². The molecular weight excluding hydrogens is 298 g/mol. The minimum Gasteiger partial charge on any atom is -0.467 e. The number of nitrogens with zero attached hydrogens (tertiary/aromatic N) is 1. The van der Waals surface area contributed by atoms with Gasteiger partial charge in [0.2, 0.25) is 0 Å². The largest absolute Gasteiger partial charge is 0.467 e. The minimum atomic E-state index is 0.571. The summed E-state index contributed by atoms with van der Waals surface area (Å²) in [6.07, 6.45) is 1.65. The van der Waals surface area contributed by atoms with Crippen LogP contribution >= 0.6 is 12.2 Å². The molecule has 116 valence electrons. The van der Waals surface area contributed by atoms with Crippen LogP contribution in [0.4, 0.5) is 11.4 Å². The van der Waals surface area contributed by atoms with E-state index in [0.717, 1.165) is 37.8 Å². The van der Waals surface area contributed by atoms with Crippen LogP contribution < -0.4 is 15.5 Å². The van der Waals surface area contributed by atoms with Crippen LogP contribution in [0.2, 0.25) is 0 Å². The van der Waals surface area contributed by atoms with Crippen LogP contribution in [-0.4, -0.2) is 31.4 Å². The van der Waals surface area contributed by atoms with E-state index in [4.69, 9.17) is 21.4 Å². The van der Waals surface area contributed by atoms with E-state index < -0.39 is 0 Å². The molecule has 0 spiro atoms. The second kappa shape index (κ2) is 7.29. The summed E-state index contributed by atoms with van der Waals surface area (Å²) in [7, 11) is 0. The van der Waals surface area contributed by atoms with Gasteiger partial charge in [0.1, 0.15) is 5.76 Å². The number of hydrogen-bond donors (Lipinski definition) is 2. The fourth-order valence-electron chi connectivity index (χ4n) is 2.36. The van der Waals surface area contributed by atoms with Crippen molar-refractivity contribution in [3.05, 3.63) is 48.4 Å². The van der Waals surface area contributed by atoms with E-state index in [1.807, 2.05) is 24.3 Å². The van der Waals surface area contributed by atoms with Crippen molar-refractivity contribution in [1.82, 2.24) is 5.32 Å². The molecule has 0 aliphatic carbocycles. The number of thiocarbonyl (C=S) groups is 1. The van der Waals surface area contributed by atoms with Crippen LogP contribution in [0.3, 0.4) is 0 Å². The zero-order valence-electron chi connectivity index (χ0n) is 12.2. The Kier molecular flexibility index (Phi) is 4.92. The lowest BCUT2D eigenvalue weighted by Crippen LogP contribution is -2.36. The summed E-state index contributed by atoms with van der Waals surface area (Å²) in [6.45, 7) is 3.97. The standard InChI is InChI=1S/C16H19N3O2S/c22-16(17-12-15-5-2-8-21-15)18-13-3-1-4-14(11-13)19-6-9-20-10-7-19/h1-5,8,11H,6-7,9-10,12H2,(H2,17,18,22). The van der Waals surface area contributed by atoms with Gasteiger partial charge in [-0.15, -0.1) is 0 Å². The molecule has 6 heteroatoms. The van der Waals surface area contributed by atoms with Gasteiger partial charge in [0.05, 0.1) is 26.0 Å². The van der Waals surface area contributed by atoms with Gasteiger partial charge < -0.3 is 24.7 Å². The Balaban J connectivity index is 1.56. The Labute approximate surface area is 135 Å². The van der Waals surface area contributed by atoms with E-state index in [2.05, 4.69) is 27.7 Å². The highest BCUT2D eigenvalue weighted by atomic mass is 32.1. The lowest BCUT2D eigenvalue weighted by atomic mass is 10.2. The zero-order valence-corrected chi connectivity index (χ0v) is 13.1. The third-order valence-electron chi connectivity index (χ3n) is 3.48. The van der Waals surface area contributed by atoms with Gasteiger partial charge in [-0.25, -0.2) is 0 Å². The molecule has 0 radical (unpaired) electrons. The quantitative estimate of drug-likeness (QED) is 0.846. The van der Waals surface area contributed by atoms with Crippen molar-refractivity contribution in [3.8, 4) is 0 Å². The van der Waals surface area contributed by atoms with Crippen molar-refractivity contribution >= 4 is 28.7 Å². The molecule has 2 N–H and O–H groups in total. The average Bonchev–Trinajstić information content (AvgIpc) is 3.08. The van der Waals surface area contributed by atoms with Gasteiger partial charge >= 0.3 is 0 Å². The molecule has 2 heterocycles. The SMILES string of the molecule is S=C(NCc1ccco1)Nc1cccc(N2CCOCC2)c1. The maximum atomic E-state index is 5.39. The Morgan fingerprint density at radius 1 is 1.18 bits per heavy atom. The lowest BCUT2D eigenvalue weighted by Gasteiger charge is -2.29. The third-order valence-corrected chi connectivity index (χ3v) is 3.73. The average molecular weight is 317 g/mol. The molecule has 22 heavy (non-hydrogen) atoms. The van der Waals surface area contributed by atoms with E-state index in [9.17, 15) is 0 Å². The molecule has 0 unspecified atom stereocenters. The van der Waals surface area contributed by atoms with Gasteiger partial charge in [-0.05, 0) is 42.5 Å². The number of morpholine rings is 1. The van der Waals surface area contributed by atoms with E-state index in [0.29, 0.717) is 11.7 Å². The maximum absolute atomic E-state index is 5.39. The minimum absolute atomic E-state index is 0.571. The first-order valence-electron chi connectivity index (χ1n) is 7.31. The van der Waals surface area contributed by atoms with E-state index in [1.165, 1.54) is 5.69 Å². The van der Waals surface area contributed by atoms with Crippen molar-refractivity contribution in [2.45, 2.75) is 6.54 Å². The summed E-state index contributed by atoms with van der Waals surface area (Å²) < 4.78 is 10.7. The predicted molar refractivity (Wildman–Crippen MR) is 91.2 cm³/mol. The third kappa shape index (κ3) is 3.99. The molecule has 1 saturated heterocycles. The van der Waals surface area contributed by atoms with E-state index in [1.54, 1.807) is 6.26 Å². The first-order chi connectivity index (χ1) is 10.8. The number of hydrogen-bond acceptors (Lipinski definition) is 4. The Hall–Kier alpha value is -2.05. The normalized spacial score (nSPS) is 14.6. The van der Waals surface area contributed by atoms with Gasteiger partial charge in [-0.1, -0.05) is 6.07 Å². The smallest absolute Gasteiger partial charge is 0.171 e. The number of nitrogens with one attached hydrogen (secondary N) is 2. The first kappa shape index (κ1) is 14.9. The number of ether oxygens (including phenoxy) is 1. The highest BCUT2D eigenvalue weighted by Crippen LogP contribution is 2.20. The fourth-order valence-corrected chi connectivity index (χ4v) is 2.55. The number of benzene rings is 1. The molecule has 0 bridgehead atoms. The molecule has 1 aliphatic heterocycles. The van der Waals surface area contributed by atoms with E-state index >= 15 is 0 Å². The molecule has 1 aromatic carbocycles. The fraction of sp³-hybridized carbons (Fsp3) is 0.312. The second-order valence-corrected chi connectivity index (χ2v) is 5.45. The monoisotopic (exact) mass is 317 g/mol. The number of anilines is 2. The van der Waals surface area contributed by atoms with Crippen LogP contribution in [-0.2, 0) is 11.3 Å². The van der Waals surface area contributed by atoms with Crippen LogP contribution in [0.1, 0.15) is 5.76 Å². The lowest BCUT2D eigenvalue weighted by molar-refractivity contribution is 0.122. The number of rotatable bonds is 4. The van der Waals surface area contributed by atoms with Gasteiger partial charge in [0, 0.05) is 24.5 Å². The highest BCUT2D eigenvalue weighted by molar-refractivity contribution is 7.80. The summed E-state index contributed by atoms with van der Waals surface area (Å²) in [5, 5.41) is 6.91. The second-order valence-electron chi connectivity index (χ2n) is 5.04. The Morgan fingerprint density at radius 3 is 2.82 bits per heavy atom. The van der Waals surface area contributed by atoms with Crippen LogP contribution in [0.25, 0.3) is 0 Å². The summed E-state index contributed by atoms with van der Waals surface area (Å²) >= 11 is 5.31. The summed E-state index contributed by atoms with van der Waals surface area (Å²) in [5.41, 5.74) is 2.16. The van der Waals surface area contributed by atoms with Crippen LogP contribution in [0.5, 0.6) is 0 Å². The summed E-state index contributed by atoms with van der Waals surface area (Å²) in [4.78, 5) is 2.31. The molecule has 1 aliphatic rings. The Bertz CT molecular complexity index is 610. The van der Waals surface area contributed by atoms with Gasteiger partial charge in [-0.2, -0.15) is 0 Å². The van der Waals surface area contributed by atoms with Crippen LogP contribution in [0.15, 0.2) is 47.1 Å². The number of furan rings is 1. The zero-order chi connectivity index (χ0) is 15.2. The predicted octanol–water partition coefficient (Wildman–Crippen LogP) is 2.60. The van der Waals surface area contributed by atoms with Crippen molar-refractivity contribution in [2.24, 2.45) is 0 Å².